The van der Waals surface area contributed by atoms with Gasteiger partial charge in [0.2, 0.25) is 0 Å². The van der Waals surface area contributed by atoms with Crippen molar-refractivity contribution in [3.8, 4) is 5.75 Å². The Balaban J connectivity index is 1.95. The summed E-state index contributed by atoms with van der Waals surface area (Å²) in [5, 5.41) is 2.66. The van der Waals surface area contributed by atoms with Crippen LogP contribution in [0.25, 0.3) is 0 Å². The van der Waals surface area contributed by atoms with Gasteiger partial charge >= 0.3 is 5.97 Å². The lowest BCUT2D eigenvalue weighted by Crippen LogP contribution is -2.40. The van der Waals surface area contributed by atoms with Crippen LogP contribution in [0.15, 0.2) is 24.3 Å². The minimum atomic E-state index is -0.968. The summed E-state index contributed by atoms with van der Waals surface area (Å²) in [4.78, 5) is 36.7. The molecule has 2 atom stereocenters. The van der Waals surface area contributed by atoms with Gasteiger partial charge in [-0.1, -0.05) is 12.1 Å². The molecule has 0 fully saturated rings. The van der Waals surface area contributed by atoms with Crippen molar-refractivity contribution in [2.45, 2.75) is 25.6 Å². The van der Waals surface area contributed by atoms with E-state index in [9.17, 15) is 14.4 Å². The molecule has 1 aliphatic rings. The van der Waals surface area contributed by atoms with Gasteiger partial charge in [-0.25, -0.2) is 0 Å². The van der Waals surface area contributed by atoms with Crippen LogP contribution in [-0.4, -0.2) is 49.0 Å². The lowest BCUT2D eigenvalue weighted by atomic mass is 10.1. The maximum Gasteiger partial charge on any atom is 0.310 e. The molecule has 0 unspecified atom stereocenters. The molecule has 2 amide bonds. The van der Waals surface area contributed by atoms with Gasteiger partial charge in [-0.2, -0.15) is 0 Å². The number of para-hydroxylation sites is 2. The van der Waals surface area contributed by atoms with Crippen molar-refractivity contribution < 1.29 is 23.9 Å². The molecule has 118 valence electrons. The Bertz CT molecular complexity index is 599. The van der Waals surface area contributed by atoms with Crippen molar-refractivity contribution in [3.63, 3.8) is 0 Å². The fourth-order valence-corrected chi connectivity index (χ4v) is 2.04. The normalized spacial score (nSPS) is 17.6. The van der Waals surface area contributed by atoms with Crippen LogP contribution in [0.3, 0.4) is 0 Å². The molecule has 7 nitrogen and oxygen atoms in total. The summed E-state index contributed by atoms with van der Waals surface area (Å²) in [6.07, 6.45) is -2.13. The second kappa shape index (κ2) is 6.46. The Kier molecular flexibility index (Phi) is 4.65. The monoisotopic (exact) mass is 306 g/mol. The minimum Gasteiger partial charge on any atom is -0.478 e. The molecule has 0 aliphatic carbocycles. The van der Waals surface area contributed by atoms with Crippen LogP contribution < -0.4 is 10.1 Å². The summed E-state index contributed by atoms with van der Waals surface area (Å²) in [5.41, 5.74) is 0.563. The van der Waals surface area contributed by atoms with Crippen molar-refractivity contribution >= 4 is 23.5 Å². The van der Waals surface area contributed by atoms with Gasteiger partial charge < -0.3 is 19.7 Å². The molecular formula is C15H18N2O5. The number of amides is 2. The molecule has 0 radical (unpaired) electrons. The van der Waals surface area contributed by atoms with E-state index in [1.807, 2.05) is 0 Å². The number of nitrogens with one attached hydrogen (secondary N) is 1. The summed E-state index contributed by atoms with van der Waals surface area (Å²) in [5.74, 6) is -0.908. The number of carbonyl (C=O) groups is 3. The molecular weight excluding hydrogens is 288 g/mol. The number of carbonyl (C=O) groups excluding carboxylic acids is 3. The van der Waals surface area contributed by atoms with Crippen molar-refractivity contribution in [1.82, 2.24) is 4.90 Å². The van der Waals surface area contributed by atoms with Crippen molar-refractivity contribution in [2.75, 3.05) is 19.4 Å². The highest BCUT2D eigenvalue weighted by Crippen LogP contribution is 2.29. The molecule has 7 heteroatoms. The number of fused-ring (bicyclic) bond motifs is 1. The number of esters is 1. The Morgan fingerprint density at radius 2 is 2.05 bits per heavy atom. The van der Waals surface area contributed by atoms with Crippen molar-refractivity contribution in [3.05, 3.63) is 24.3 Å². The van der Waals surface area contributed by atoms with E-state index in [4.69, 9.17) is 9.47 Å². The average molecular weight is 306 g/mol. The summed E-state index contributed by atoms with van der Waals surface area (Å²) in [6, 6.07) is 6.94. The molecule has 0 bridgehead atoms. The van der Waals surface area contributed by atoms with Crippen LogP contribution in [0.5, 0.6) is 5.75 Å². The summed E-state index contributed by atoms with van der Waals surface area (Å²) >= 11 is 0. The maximum absolute atomic E-state index is 11.9. The van der Waals surface area contributed by atoms with E-state index in [0.29, 0.717) is 11.4 Å². The van der Waals surface area contributed by atoms with Crippen molar-refractivity contribution in [2.24, 2.45) is 0 Å². The van der Waals surface area contributed by atoms with Gasteiger partial charge in [0.1, 0.15) is 5.75 Å². The first-order valence-electron chi connectivity index (χ1n) is 6.85. The molecule has 1 N–H and O–H groups in total. The van der Waals surface area contributed by atoms with E-state index in [0.717, 1.165) is 0 Å². The van der Waals surface area contributed by atoms with Gasteiger partial charge in [0.15, 0.2) is 12.2 Å². The Hall–Kier alpha value is -2.57. The minimum absolute atomic E-state index is 0.259. The van der Waals surface area contributed by atoms with E-state index in [2.05, 4.69) is 5.32 Å². The second-order valence-electron chi connectivity index (χ2n) is 5.16. The van der Waals surface area contributed by atoms with Gasteiger partial charge in [-0.15, -0.1) is 0 Å². The van der Waals surface area contributed by atoms with E-state index in [-0.39, 0.29) is 12.3 Å². The van der Waals surface area contributed by atoms with Crippen LogP contribution in [0, 0.1) is 0 Å². The third kappa shape index (κ3) is 3.55. The van der Waals surface area contributed by atoms with Crippen LogP contribution >= 0.6 is 0 Å². The zero-order valence-electron chi connectivity index (χ0n) is 12.7. The Morgan fingerprint density at radius 1 is 1.36 bits per heavy atom. The first-order valence-corrected chi connectivity index (χ1v) is 6.85. The molecule has 0 saturated carbocycles. The first-order chi connectivity index (χ1) is 10.4. The molecule has 1 heterocycles. The highest BCUT2D eigenvalue weighted by molar-refractivity contribution is 5.99. The quantitative estimate of drug-likeness (QED) is 0.832. The number of hydrogen-bond donors (Lipinski definition) is 1. The SMILES string of the molecule is C[C@@H](OC(=O)C[C@H]1Oc2ccccc2NC1=O)C(=O)N(C)C. The summed E-state index contributed by atoms with van der Waals surface area (Å²) in [6.45, 7) is 1.48. The largest absolute Gasteiger partial charge is 0.478 e. The van der Waals surface area contributed by atoms with Gasteiger partial charge in [0.25, 0.3) is 11.8 Å². The summed E-state index contributed by atoms with van der Waals surface area (Å²) in [7, 11) is 3.14. The molecule has 0 aromatic heterocycles. The lowest BCUT2D eigenvalue weighted by Gasteiger charge is -2.25. The highest BCUT2D eigenvalue weighted by atomic mass is 16.6. The zero-order chi connectivity index (χ0) is 16.3. The van der Waals surface area contributed by atoms with Gasteiger partial charge in [-0.3, -0.25) is 14.4 Å². The lowest BCUT2D eigenvalue weighted by molar-refractivity contribution is -0.160. The standard InChI is InChI=1S/C15H18N2O5/c1-9(15(20)17(2)3)21-13(18)8-12-14(19)16-10-6-4-5-7-11(10)22-12/h4-7,9,12H,8H2,1-3H3,(H,16,19)/t9-,12-/m1/s1. The van der Waals surface area contributed by atoms with Gasteiger partial charge in [0.05, 0.1) is 12.1 Å². The average Bonchev–Trinajstić information content (AvgIpc) is 2.46. The van der Waals surface area contributed by atoms with E-state index in [1.165, 1.54) is 11.8 Å². The van der Waals surface area contributed by atoms with Crippen LogP contribution in [0.4, 0.5) is 5.69 Å². The Morgan fingerprint density at radius 3 is 2.73 bits per heavy atom. The van der Waals surface area contributed by atoms with E-state index >= 15 is 0 Å². The molecule has 1 aromatic carbocycles. The molecule has 0 saturated heterocycles. The predicted molar refractivity (Wildman–Crippen MR) is 78.4 cm³/mol. The third-order valence-electron chi connectivity index (χ3n) is 3.16. The Labute approximate surface area is 128 Å². The first kappa shape index (κ1) is 15.8. The molecule has 2 rings (SSSR count). The zero-order valence-corrected chi connectivity index (χ0v) is 12.7. The highest BCUT2D eigenvalue weighted by Gasteiger charge is 2.31. The smallest absolute Gasteiger partial charge is 0.310 e. The van der Waals surface area contributed by atoms with Crippen LogP contribution in [-0.2, 0) is 19.1 Å². The number of anilines is 1. The fraction of sp³-hybridized carbons (Fsp3) is 0.400. The van der Waals surface area contributed by atoms with Crippen LogP contribution in [0.2, 0.25) is 0 Å². The number of rotatable bonds is 4. The maximum atomic E-state index is 11.9. The molecule has 1 aliphatic heterocycles. The molecule has 0 spiro atoms. The fourth-order valence-electron chi connectivity index (χ4n) is 2.04. The third-order valence-corrected chi connectivity index (χ3v) is 3.16. The number of likely N-dealkylation sites (N-methyl/N-ethyl adjacent to an activating group) is 1. The number of benzene rings is 1. The van der Waals surface area contributed by atoms with E-state index < -0.39 is 24.1 Å². The number of hydrogen-bond acceptors (Lipinski definition) is 5. The topological polar surface area (TPSA) is 84.9 Å². The van der Waals surface area contributed by atoms with Gasteiger partial charge in [-0.05, 0) is 19.1 Å². The van der Waals surface area contributed by atoms with E-state index in [1.54, 1.807) is 38.4 Å². The summed E-state index contributed by atoms with van der Waals surface area (Å²) < 4.78 is 10.5. The van der Waals surface area contributed by atoms with Crippen LogP contribution in [0.1, 0.15) is 13.3 Å². The molecule has 1 aromatic rings. The second-order valence-corrected chi connectivity index (χ2v) is 5.16. The number of nitrogens with zero attached hydrogens (tertiary/aromatic N) is 1. The van der Waals surface area contributed by atoms with Gasteiger partial charge in [0, 0.05) is 14.1 Å². The number of ether oxygens (including phenoxy) is 2. The van der Waals surface area contributed by atoms with Crippen molar-refractivity contribution in [1.29, 1.82) is 0 Å². The predicted octanol–water partition coefficient (Wildman–Crippen LogP) is 0.796. The molecule has 22 heavy (non-hydrogen) atoms.